The van der Waals surface area contributed by atoms with E-state index in [1.54, 1.807) is 0 Å². The fourth-order valence-electron chi connectivity index (χ4n) is 2.28. The Balaban J connectivity index is 2.00. The van der Waals surface area contributed by atoms with E-state index in [4.69, 9.17) is 0 Å². The average molecular weight is 239 g/mol. The fourth-order valence-corrected chi connectivity index (χ4v) is 2.28. The molecule has 0 spiro atoms. The van der Waals surface area contributed by atoms with Crippen LogP contribution in [0, 0.1) is 13.8 Å². The maximum absolute atomic E-state index is 3.58. The SMILES string of the molecule is Cc1cccc(CNC(C)c2ccccc2C)c1. The van der Waals surface area contributed by atoms with Crippen LogP contribution in [0.2, 0.25) is 0 Å². The third-order valence-electron chi connectivity index (χ3n) is 3.35. The van der Waals surface area contributed by atoms with Gasteiger partial charge in [0.05, 0.1) is 0 Å². The summed E-state index contributed by atoms with van der Waals surface area (Å²) < 4.78 is 0. The Hall–Kier alpha value is -1.60. The molecule has 0 aromatic heterocycles. The zero-order chi connectivity index (χ0) is 13.0. The zero-order valence-corrected chi connectivity index (χ0v) is 11.4. The van der Waals surface area contributed by atoms with Crippen LogP contribution in [0.5, 0.6) is 0 Å². The van der Waals surface area contributed by atoms with E-state index in [1.807, 2.05) is 0 Å². The molecule has 1 N–H and O–H groups in total. The largest absolute Gasteiger partial charge is 0.306 e. The van der Waals surface area contributed by atoms with Crippen LogP contribution in [-0.2, 0) is 6.54 Å². The van der Waals surface area contributed by atoms with E-state index in [-0.39, 0.29) is 0 Å². The van der Waals surface area contributed by atoms with Crippen molar-refractivity contribution in [3.63, 3.8) is 0 Å². The first-order valence-electron chi connectivity index (χ1n) is 6.51. The molecule has 1 unspecified atom stereocenters. The predicted octanol–water partition coefficient (Wildman–Crippen LogP) is 4.15. The first-order valence-corrected chi connectivity index (χ1v) is 6.51. The van der Waals surface area contributed by atoms with Gasteiger partial charge in [-0.3, -0.25) is 0 Å². The number of hydrogen-bond acceptors (Lipinski definition) is 1. The van der Waals surface area contributed by atoms with E-state index in [9.17, 15) is 0 Å². The molecule has 0 bridgehead atoms. The molecule has 18 heavy (non-hydrogen) atoms. The Morgan fingerprint density at radius 2 is 1.78 bits per heavy atom. The molecule has 1 atom stereocenters. The van der Waals surface area contributed by atoms with Crippen molar-refractivity contribution in [1.82, 2.24) is 5.32 Å². The molecular weight excluding hydrogens is 218 g/mol. The van der Waals surface area contributed by atoms with Crippen molar-refractivity contribution in [3.05, 3.63) is 70.8 Å². The van der Waals surface area contributed by atoms with Gasteiger partial charge in [-0.15, -0.1) is 0 Å². The topological polar surface area (TPSA) is 12.0 Å². The van der Waals surface area contributed by atoms with Crippen LogP contribution in [0.15, 0.2) is 48.5 Å². The molecule has 2 aromatic carbocycles. The van der Waals surface area contributed by atoms with Gasteiger partial charge in [0.2, 0.25) is 0 Å². The minimum atomic E-state index is 0.381. The lowest BCUT2D eigenvalue weighted by Gasteiger charge is -2.16. The number of benzene rings is 2. The van der Waals surface area contributed by atoms with Crippen LogP contribution in [0.25, 0.3) is 0 Å². The van der Waals surface area contributed by atoms with E-state index < -0.39 is 0 Å². The molecule has 1 nitrogen and oxygen atoms in total. The lowest BCUT2D eigenvalue weighted by Crippen LogP contribution is -2.18. The van der Waals surface area contributed by atoms with Crippen molar-refractivity contribution in [2.75, 3.05) is 0 Å². The summed E-state index contributed by atoms with van der Waals surface area (Å²) in [5.41, 5.74) is 5.39. The summed E-state index contributed by atoms with van der Waals surface area (Å²) in [6.45, 7) is 7.43. The summed E-state index contributed by atoms with van der Waals surface area (Å²) in [7, 11) is 0. The molecule has 2 aromatic rings. The van der Waals surface area contributed by atoms with Crippen molar-refractivity contribution in [2.24, 2.45) is 0 Å². The van der Waals surface area contributed by atoms with Crippen LogP contribution >= 0.6 is 0 Å². The highest BCUT2D eigenvalue weighted by atomic mass is 14.9. The van der Waals surface area contributed by atoms with Gasteiger partial charge in [0.25, 0.3) is 0 Å². The third kappa shape index (κ3) is 3.21. The van der Waals surface area contributed by atoms with E-state index >= 15 is 0 Å². The normalized spacial score (nSPS) is 12.4. The second kappa shape index (κ2) is 5.83. The Morgan fingerprint density at radius 3 is 2.50 bits per heavy atom. The van der Waals surface area contributed by atoms with Crippen LogP contribution < -0.4 is 5.32 Å². The van der Waals surface area contributed by atoms with E-state index in [0.29, 0.717) is 6.04 Å². The molecule has 0 aliphatic heterocycles. The fraction of sp³-hybridized carbons (Fsp3) is 0.294. The number of nitrogens with one attached hydrogen (secondary N) is 1. The number of rotatable bonds is 4. The summed E-state index contributed by atoms with van der Waals surface area (Å²) in [5.74, 6) is 0. The molecule has 0 fully saturated rings. The van der Waals surface area contributed by atoms with Crippen LogP contribution in [0.3, 0.4) is 0 Å². The molecule has 0 heterocycles. The minimum Gasteiger partial charge on any atom is -0.306 e. The van der Waals surface area contributed by atoms with Gasteiger partial charge >= 0.3 is 0 Å². The Bertz CT molecular complexity index is 517. The number of hydrogen-bond donors (Lipinski definition) is 1. The van der Waals surface area contributed by atoms with E-state index in [0.717, 1.165) is 6.54 Å². The monoisotopic (exact) mass is 239 g/mol. The molecule has 0 aliphatic carbocycles. The molecule has 94 valence electrons. The Morgan fingerprint density at radius 1 is 1.00 bits per heavy atom. The second-order valence-electron chi connectivity index (χ2n) is 4.95. The summed E-state index contributed by atoms with van der Waals surface area (Å²) >= 11 is 0. The average Bonchev–Trinajstić information content (AvgIpc) is 2.37. The lowest BCUT2D eigenvalue weighted by atomic mass is 10.0. The van der Waals surface area contributed by atoms with Gasteiger partial charge < -0.3 is 5.32 Å². The van der Waals surface area contributed by atoms with Crippen molar-refractivity contribution in [2.45, 2.75) is 33.4 Å². The molecular formula is C17H21N. The summed E-state index contributed by atoms with van der Waals surface area (Å²) in [6.07, 6.45) is 0. The molecule has 0 amide bonds. The highest BCUT2D eigenvalue weighted by Crippen LogP contribution is 2.17. The summed E-state index contributed by atoms with van der Waals surface area (Å²) in [5, 5.41) is 3.58. The van der Waals surface area contributed by atoms with Crippen molar-refractivity contribution in [3.8, 4) is 0 Å². The van der Waals surface area contributed by atoms with Crippen molar-refractivity contribution >= 4 is 0 Å². The van der Waals surface area contributed by atoms with Gasteiger partial charge in [-0.1, -0.05) is 54.1 Å². The van der Waals surface area contributed by atoms with Gasteiger partial charge in [0.15, 0.2) is 0 Å². The van der Waals surface area contributed by atoms with Gasteiger partial charge in [-0.2, -0.15) is 0 Å². The quantitative estimate of drug-likeness (QED) is 0.845. The van der Waals surface area contributed by atoms with E-state index in [1.165, 1.54) is 22.3 Å². The molecule has 2 rings (SSSR count). The minimum absolute atomic E-state index is 0.381. The molecule has 0 radical (unpaired) electrons. The standard InChI is InChI=1S/C17H21N/c1-13-7-6-9-16(11-13)12-18-15(3)17-10-5-4-8-14(17)2/h4-11,15,18H,12H2,1-3H3. The maximum atomic E-state index is 3.58. The second-order valence-corrected chi connectivity index (χ2v) is 4.95. The Labute approximate surface area is 110 Å². The summed E-state index contributed by atoms with van der Waals surface area (Å²) in [4.78, 5) is 0. The van der Waals surface area contributed by atoms with Crippen LogP contribution in [0.4, 0.5) is 0 Å². The predicted molar refractivity (Wildman–Crippen MR) is 77.6 cm³/mol. The molecule has 0 saturated carbocycles. The zero-order valence-electron chi connectivity index (χ0n) is 11.4. The van der Waals surface area contributed by atoms with Crippen molar-refractivity contribution < 1.29 is 0 Å². The van der Waals surface area contributed by atoms with Crippen molar-refractivity contribution in [1.29, 1.82) is 0 Å². The van der Waals surface area contributed by atoms with Gasteiger partial charge in [0.1, 0.15) is 0 Å². The smallest absolute Gasteiger partial charge is 0.0297 e. The number of aryl methyl sites for hydroxylation is 2. The highest BCUT2D eigenvalue weighted by molar-refractivity contribution is 5.28. The maximum Gasteiger partial charge on any atom is 0.0297 e. The van der Waals surface area contributed by atoms with Gasteiger partial charge in [0, 0.05) is 12.6 Å². The third-order valence-corrected chi connectivity index (χ3v) is 3.35. The first kappa shape index (κ1) is 12.8. The van der Waals surface area contributed by atoms with E-state index in [2.05, 4.69) is 74.6 Å². The van der Waals surface area contributed by atoms with Gasteiger partial charge in [-0.25, -0.2) is 0 Å². The van der Waals surface area contributed by atoms with Crippen LogP contribution in [-0.4, -0.2) is 0 Å². The van der Waals surface area contributed by atoms with Gasteiger partial charge in [-0.05, 0) is 37.5 Å². The molecule has 1 heteroatoms. The molecule has 0 saturated heterocycles. The van der Waals surface area contributed by atoms with Crippen LogP contribution in [0.1, 0.15) is 35.2 Å². The lowest BCUT2D eigenvalue weighted by molar-refractivity contribution is 0.572. The summed E-state index contributed by atoms with van der Waals surface area (Å²) in [6, 6.07) is 17.6. The Kier molecular flexibility index (Phi) is 4.16. The molecule has 0 aliphatic rings. The first-order chi connectivity index (χ1) is 8.66. The highest BCUT2D eigenvalue weighted by Gasteiger charge is 2.06.